The van der Waals surface area contributed by atoms with Crippen molar-refractivity contribution in [2.24, 2.45) is 5.92 Å². The Hall–Kier alpha value is -3.21. The quantitative estimate of drug-likeness (QED) is 0.211. The molecule has 2 rings (SSSR count). The smallest absolute Gasteiger partial charge is 0.252 e. The van der Waals surface area contributed by atoms with Crippen molar-refractivity contribution in [3.8, 4) is 0 Å². The first-order valence-corrected chi connectivity index (χ1v) is 13.4. The predicted octanol–water partition coefficient (Wildman–Crippen LogP) is 6.58. The topological polar surface area (TPSA) is 62.3 Å². The van der Waals surface area contributed by atoms with Crippen LogP contribution in [0.3, 0.4) is 0 Å². The highest BCUT2D eigenvalue weighted by Crippen LogP contribution is 2.17. The van der Waals surface area contributed by atoms with Crippen molar-refractivity contribution in [1.29, 1.82) is 0 Å². The van der Waals surface area contributed by atoms with Crippen LogP contribution in [0.4, 0.5) is 0 Å². The average Bonchev–Trinajstić information content (AvgIpc) is 3.39. The van der Waals surface area contributed by atoms with E-state index in [1.54, 1.807) is 24.5 Å². The molecule has 1 fully saturated rings. The Labute approximate surface area is 217 Å². The number of nitrogens with one attached hydrogen (secondary N) is 1. The summed E-state index contributed by atoms with van der Waals surface area (Å²) >= 11 is 0. The molecule has 194 valence electrons. The summed E-state index contributed by atoms with van der Waals surface area (Å²) in [5, 5.41) is 2.96. The highest BCUT2D eigenvalue weighted by atomic mass is 16.2. The Morgan fingerprint density at radius 3 is 2.22 bits per heavy atom. The Balaban J connectivity index is 1.47. The fraction of sp³-hybridized carbons (Fsp3) is 0.452. The molecule has 0 aliphatic carbocycles. The van der Waals surface area contributed by atoms with Crippen LogP contribution in [0, 0.1) is 5.92 Å². The van der Waals surface area contributed by atoms with Crippen LogP contribution in [-0.2, 0) is 4.79 Å². The summed E-state index contributed by atoms with van der Waals surface area (Å²) in [5.74, 6) is 0.439. The third-order valence-corrected chi connectivity index (χ3v) is 6.03. The van der Waals surface area contributed by atoms with E-state index in [-0.39, 0.29) is 11.8 Å². The van der Waals surface area contributed by atoms with E-state index in [1.165, 1.54) is 0 Å². The number of aromatic nitrogens is 1. The first-order chi connectivity index (χ1) is 17.7. The molecule has 1 aromatic rings. The van der Waals surface area contributed by atoms with Gasteiger partial charge in [-0.3, -0.25) is 14.6 Å². The van der Waals surface area contributed by atoms with E-state index in [0.717, 1.165) is 64.5 Å². The molecule has 36 heavy (non-hydrogen) atoms. The van der Waals surface area contributed by atoms with Crippen LogP contribution in [0.25, 0.3) is 0 Å². The lowest BCUT2D eigenvalue weighted by atomic mass is 10.1. The second kappa shape index (κ2) is 19.0. The van der Waals surface area contributed by atoms with Gasteiger partial charge in [-0.25, -0.2) is 0 Å². The van der Waals surface area contributed by atoms with Crippen molar-refractivity contribution in [1.82, 2.24) is 15.2 Å². The number of unbranched alkanes of at least 4 members (excludes halogenated alkanes) is 1. The number of hydrogen-bond acceptors (Lipinski definition) is 3. The van der Waals surface area contributed by atoms with E-state index in [4.69, 9.17) is 0 Å². The van der Waals surface area contributed by atoms with Gasteiger partial charge in [0.05, 0.1) is 5.56 Å². The number of rotatable bonds is 16. The van der Waals surface area contributed by atoms with Crippen LogP contribution in [0.15, 0.2) is 85.3 Å². The molecular formula is C31H43N3O2. The Kier molecular flexibility index (Phi) is 15.3. The Morgan fingerprint density at radius 1 is 0.972 bits per heavy atom. The van der Waals surface area contributed by atoms with Gasteiger partial charge in [0.2, 0.25) is 5.91 Å². The van der Waals surface area contributed by atoms with E-state index < -0.39 is 0 Å². The molecule has 0 aromatic carbocycles. The number of carbonyl (C=O) groups excluding carboxylic acids is 2. The summed E-state index contributed by atoms with van der Waals surface area (Å²) in [6.45, 7) is 4.26. The highest BCUT2D eigenvalue weighted by molar-refractivity contribution is 5.93. The Bertz CT molecular complexity index is 900. The third kappa shape index (κ3) is 13.0. The summed E-state index contributed by atoms with van der Waals surface area (Å²) in [7, 11) is 0. The van der Waals surface area contributed by atoms with Crippen LogP contribution < -0.4 is 5.32 Å². The number of hydrogen-bond donors (Lipinski definition) is 1. The fourth-order valence-electron chi connectivity index (χ4n) is 3.96. The molecule has 0 spiro atoms. The summed E-state index contributed by atoms with van der Waals surface area (Å²) in [6, 6.07) is 3.51. The molecular weight excluding hydrogens is 446 g/mol. The van der Waals surface area contributed by atoms with Crippen molar-refractivity contribution >= 4 is 11.8 Å². The van der Waals surface area contributed by atoms with Crippen LogP contribution >= 0.6 is 0 Å². The minimum absolute atomic E-state index is 0.107. The van der Waals surface area contributed by atoms with Gasteiger partial charge in [0.1, 0.15) is 0 Å². The largest absolute Gasteiger partial charge is 0.352 e. The van der Waals surface area contributed by atoms with Crippen molar-refractivity contribution in [3.63, 3.8) is 0 Å². The number of amides is 2. The molecule has 1 N–H and O–H groups in total. The molecule has 1 saturated heterocycles. The van der Waals surface area contributed by atoms with Gasteiger partial charge in [-0.1, -0.05) is 67.7 Å². The number of allylic oxidation sites excluding steroid dienone is 10. The molecule has 0 bridgehead atoms. The summed E-state index contributed by atoms with van der Waals surface area (Å²) in [4.78, 5) is 30.6. The molecule has 1 unspecified atom stereocenters. The molecule has 5 heteroatoms. The molecule has 1 aromatic heterocycles. The maximum atomic E-state index is 12.5. The van der Waals surface area contributed by atoms with E-state index in [1.807, 2.05) is 4.90 Å². The zero-order valence-corrected chi connectivity index (χ0v) is 21.9. The number of pyridine rings is 1. The zero-order valence-electron chi connectivity index (χ0n) is 21.9. The van der Waals surface area contributed by atoms with Gasteiger partial charge >= 0.3 is 0 Å². The molecule has 2 amide bonds. The minimum atomic E-state index is -0.107. The van der Waals surface area contributed by atoms with Crippen molar-refractivity contribution in [3.05, 3.63) is 90.9 Å². The summed E-state index contributed by atoms with van der Waals surface area (Å²) < 4.78 is 0. The molecule has 5 nitrogen and oxygen atoms in total. The van der Waals surface area contributed by atoms with Crippen LogP contribution in [0.5, 0.6) is 0 Å². The van der Waals surface area contributed by atoms with Gasteiger partial charge in [0.15, 0.2) is 0 Å². The predicted molar refractivity (Wildman–Crippen MR) is 150 cm³/mol. The first-order valence-electron chi connectivity index (χ1n) is 13.4. The molecule has 1 aliphatic rings. The van der Waals surface area contributed by atoms with E-state index >= 15 is 0 Å². The number of likely N-dealkylation sites (tertiary alicyclic amines) is 1. The lowest BCUT2D eigenvalue weighted by molar-refractivity contribution is -0.130. The Morgan fingerprint density at radius 2 is 1.61 bits per heavy atom. The second-order valence-electron chi connectivity index (χ2n) is 9.05. The highest BCUT2D eigenvalue weighted by Gasteiger charge is 2.26. The van der Waals surface area contributed by atoms with Crippen LogP contribution in [-0.4, -0.2) is 41.3 Å². The first kappa shape index (κ1) is 29.0. The van der Waals surface area contributed by atoms with Crippen molar-refractivity contribution in [2.75, 3.05) is 19.6 Å². The fourth-order valence-corrected chi connectivity index (χ4v) is 3.96. The molecule has 1 aliphatic heterocycles. The second-order valence-corrected chi connectivity index (χ2v) is 9.05. The lowest BCUT2D eigenvalue weighted by Crippen LogP contribution is -2.33. The minimum Gasteiger partial charge on any atom is -0.352 e. The van der Waals surface area contributed by atoms with Gasteiger partial charge in [0, 0.05) is 38.4 Å². The maximum Gasteiger partial charge on any atom is 0.252 e. The monoisotopic (exact) mass is 489 g/mol. The van der Waals surface area contributed by atoms with Gasteiger partial charge in [0.25, 0.3) is 5.91 Å². The molecule has 2 heterocycles. The van der Waals surface area contributed by atoms with Gasteiger partial charge in [-0.2, -0.15) is 0 Å². The van der Waals surface area contributed by atoms with Crippen molar-refractivity contribution < 1.29 is 9.59 Å². The molecule has 1 atom stereocenters. The summed E-state index contributed by atoms with van der Waals surface area (Å²) in [5.41, 5.74) is 0.568. The molecule has 0 saturated carbocycles. The van der Waals surface area contributed by atoms with E-state index in [2.05, 4.69) is 78.0 Å². The summed E-state index contributed by atoms with van der Waals surface area (Å²) in [6.07, 6.45) is 33.5. The lowest BCUT2D eigenvalue weighted by Gasteiger charge is -2.16. The van der Waals surface area contributed by atoms with Gasteiger partial charge in [-0.05, 0) is 69.4 Å². The van der Waals surface area contributed by atoms with E-state index in [0.29, 0.717) is 24.4 Å². The normalized spacial score (nSPS) is 16.5. The third-order valence-electron chi connectivity index (χ3n) is 6.03. The van der Waals surface area contributed by atoms with Crippen LogP contribution in [0.1, 0.15) is 75.1 Å². The number of nitrogens with zero attached hydrogens (tertiary/aromatic N) is 2. The average molecular weight is 490 g/mol. The van der Waals surface area contributed by atoms with Gasteiger partial charge < -0.3 is 10.2 Å². The molecule has 0 radical (unpaired) electrons. The number of carbonyl (C=O) groups is 2. The van der Waals surface area contributed by atoms with Crippen molar-refractivity contribution in [2.45, 2.75) is 64.7 Å². The van der Waals surface area contributed by atoms with E-state index in [9.17, 15) is 9.59 Å². The van der Waals surface area contributed by atoms with Gasteiger partial charge in [-0.15, -0.1) is 0 Å². The van der Waals surface area contributed by atoms with Crippen LogP contribution in [0.2, 0.25) is 0 Å². The zero-order chi connectivity index (χ0) is 25.7. The maximum absolute atomic E-state index is 12.5. The standard InChI is InChI=1S/C31H43N3O2/c1-2-3-4-5-6-7-8-9-10-11-12-13-14-15-16-17-18-21-30(35)34-24-22-28(27-34)25-33-31(36)29-20-19-23-32-26-29/h3-4,6-7,9-10,12-13,15-16,19-20,23,26,28H,2,5,8,11,14,17-18,21-22,24-25,27H2,1H3,(H,33,36). The SMILES string of the molecule is CCC=CCC=CCC=CCC=CCC=CCCCC(=O)N1CCC(CNC(=O)c2cccnc2)C1.